The summed E-state index contributed by atoms with van der Waals surface area (Å²) < 4.78 is 0.780. The molecule has 0 aliphatic rings. The minimum atomic E-state index is -1.82. The molecular weight excluding hydrogens is 269 g/mol. The van der Waals surface area contributed by atoms with Crippen LogP contribution in [0.3, 0.4) is 0 Å². The van der Waals surface area contributed by atoms with Gasteiger partial charge in [-0.2, -0.15) is 0 Å². The van der Waals surface area contributed by atoms with Gasteiger partial charge in [0, 0.05) is 6.42 Å². The van der Waals surface area contributed by atoms with Crippen LogP contribution in [-0.2, 0) is 9.53 Å². The van der Waals surface area contributed by atoms with Gasteiger partial charge in [0.1, 0.15) is 0 Å². The molecule has 0 spiro atoms. The first kappa shape index (κ1) is 12.9. The minimum absolute atomic E-state index is 0.333. The number of hydrogen-bond acceptors (Lipinski definition) is 2. The number of ether oxygens (including phenoxy) is 1. The highest BCUT2D eigenvalue weighted by Gasteiger charge is 2.42. The van der Waals surface area contributed by atoms with Crippen LogP contribution in [0.5, 0.6) is 0 Å². The van der Waals surface area contributed by atoms with E-state index in [9.17, 15) is 4.79 Å². The fraction of sp³-hybridized carbons (Fsp3) is 0.800. The third kappa shape index (κ3) is 4.83. The van der Waals surface area contributed by atoms with E-state index in [0.29, 0.717) is 0 Å². The van der Waals surface area contributed by atoms with Crippen molar-refractivity contribution in [2.75, 3.05) is 7.11 Å². The number of esters is 1. The van der Waals surface area contributed by atoms with E-state index in [1.54, 1.807) is 0 Å². The summed E-state index contributed by atoms with van der Waals surface area (Å²) >= 11 is 27.1. The maximum Gasteiger partial charge on any atom is 0.342 e. The van der Waals surface area contributed by atoms with E-state index in [-0.39, 0.29) is 6.42 Å². The maximum atomic E-state index is 10.8. The van der Waals surface area contributed by atoms with Crippen LogP contribution in [-0.4, -0.2) is 21.2 Å². The summed E-state index contributed by atoms with van der Waals surface area (Å²) in [5.41, 5.74) is 0. The number of hydrogen-bond donors (Lipinski definition) is 0. The first-order valence-electron chi connectivity index (χ1n) is 2.72. The number of alkyl halides is 5. The van der Waals surface area contributed by atoms with Crippen LogP contribution in [0.15, 0.2) is 0 Å². The summed E-state index contributed by atoms with van der Waals surface area (Å²) in [6.45, 7) is 0. The lowest BCUT2D eigenvalue weighted by Crippen LogP contribution is -2.31. The summed E-state index contributed by atoms with van der Waals surface area (Å²) in [7, 11) is 1.14. The van der Waals surface area contributed by atoms with Crippen molar-refractivity contribution >= 4 is 64.0 Å². The molecule has 0 unspecified atom stereocenters. The van der Waals surface area contributed by atoms with Crippen molar-refractivity contribution in [2.45, 2.75) is 14.5 Å². The molecule has 0 aromatic carbocycles. The molecule has 2 nitrogen and oxygen atoms in total. The van der Waals surface area contributed by atoms with Crippen molar-refractivity contribution in [3.63, 3.8) is 0 Å². The van der Waals surface area contributed by atoms with Gasteiger partial charge in [-0.15, -0.1) is 0 Å². The summed E-state index contributed by atoms with van der Waals surface area (Å²) in [4.78, 5) is 10.8. The number of carbonyl (C=O) groups is 1. The van der Waals surface area contributed by atoms with E-state index in [2.05, 4.69) is 4.74 Å². The normalized spacial score (nSPS) is 12.8. The summed E-state index contributed by atoms with van der Waals surface area (Å²) in [5, 5.41) is 0. The van der Waals surface area contributed by atoms with E-state index in [4.69, 9.17) is 58.0 Å². The highest BCUT2D eigenvalue weighted by molar-refractivity contribution is 6.69. The molecule has 0 N–H and O–H groups in total. The van der Waals surface area contributed by atoms with Crippen LogP contribution in [0.1, 0.15) is 6.42 Å². The van der Waals surface area contributed by atoms with Gasteiger partial charge in [-0.1, -0.05) is 58.0 Å². The predicted molar refractivity (Wildman–Crippen MR) is 51.4 cm³/mol. The molecule has 0 aromatic heterocycles. The second-order valence-electron chi connectivity index (χ2n) is 1.99. The van der Waals surface area contributed by atoms with Crippen LogP contribution >= 0.6 is 58.0 Å². The molecule has 0 rings (SSSR count). The van der Waals surface area contributed by atoms with Gasteiger partial charge < -0.3 is 4.74 Å². The molecule has 0 saturated heterocycles. The second-order valence-corrected chi connectivity index (χ2v) is 5.99. The second kappa shape index (κ2) is 4.43. The number of halogens is 5. The third-order valence-corrected chi connectivity index (χ3v) is 1.88. The van der Waals surface area contributed by atoms with Gasteiger partial charge in [-0.05, 0) is 0 Å². The van der Waals surface area contributed by atoms with Crippen molar-refractivity contribution in [1.29, 1.82) is 0 Å². The van der Waals surface area contributed by atoms with Crippen LogP contribution in [0.25, 0.3) is 0 Å². The lowest BCUT2D eigenvalue weighted by atomic mass is 10.3. The fourth-order valence-corrected chi connectivity index (χ4v) is 2.04. The lowest BCUT2D eigenvalue weighted by Gasteiger charge is -2.20. The SMILES string of the molecule is COC(=O)C(Cl)(Cl)CC(Cl)(Cl)Cl. The van der Waals surface area contributed by atoms with E-state index >= 15 is 0 Å². The van der Waals surface area contributed by atoms with Gasteiger partial charge in [0.05, 0.1) is 7.11 Å². The Kier molecular flexibility index (Phi) is 4.77. The number of methoxy groups -OCH3 is 1. The Labute approximate surface area is 95.0 Å². The zero-order valence-electron chi connectivity index (χ0n) is 5.91. The number of carbonyl (C=O) groups excluding carboxylic acids is 1. The average molecular weight is 274 g/mol. The fourth-order valence-electron chi connectivity index (χ4n) is 0.473. The third-order valence-electron chi connectivity index (χ3n) is 0.907. The quantitative estimate of drug-likeness (QED) is 0.571. The summed E-state index contributed by atoms with van der Waals surface area (Å²) in [5.74, 6) is -0.850. The van der Waals surface area contributed by atoms with E-state index in [1.165, 1.54) is 0 Å². The van der Waals surface area contributed by atoms with Crippen molar-refractivity contribution in [3.8, 4) is 0 Å². The van der Waals surface area contributed by atoms with E-state index in [0.717, 1.165) is 7.11 Å². The van der Waals surface area contributed by atoms with Gasteiger partial charge in [-0.3, -0.25) is 0 Å². The molecule has 0 radical (unpaired) electrons. The van der Waals surface area contributed by atoms with Gasteiger partial charge in [-0.25, -0.2) is 4.79 Å². The lowest BCUT2D eigenvalue weighted by molar-refractivity contribution is -0.141. The van der Waals surface area contributed by atoms with Crippen molar-refractivity contribution in [2.24, 2.45) is 0 Å². The van der Waals surface area contributed by atoms with Crippen molar-refractivity contribution in [1.82, 2.24) is 0 Å². The molecule has 0 bridgehead atoms. The van der Waals surface area contributed by atoms with Crippen LogP contribution in [0.4, 0.5) is 0 Å². The van der Waals surface area contributed by atoms with E-state index < -0.39 is 14.1 Å². The van der Waals surface area contributed by atoms with Crippen molar-refractivity contribution < 1.29 is 9.53 Å². The Morgan fingerprint density at radius 3 is 1.92 bits per heavy atom. The van der Waals surface area contributed by atoms with Crippen LogP contribution in [0, 0.1) is 0 Å². The monoisotopic (exact) mass is 272 g/mol. The molecule has 12 heavy (non-hydrogen) atoms. The molecular formula is C5H5Cl5O2. The predicted octanol–water partition coefficient (Wildman–Crippen LogP) is 3.09. The first-order valence-corrected chi connectivity index (χ1v) is 4.61. The first-order chi connectivity index (χ1) is 5.19. The Morgan fingerprint density at radius 1 is 1.25 bits per heavy atom. The van der Waals surface area contributed by atoms with Crippen LogP contribution < -0.4 is 0 Å². The molecule has 0 fully saturated rings. The average Bonchev–Trinajstić information content (AvgIpc) is 1.80. The molecule has 0 atom stereocenters. The molecule has 0 amide bonds. The Hall–Kier alpha value is 0.920. The smallest absolute Gasteiger partial charge is 0.342 e. The summed E-state index contributed by atoms with van der Waals surface area (Å²) in [6.07, 6.45) is -0.333. The Bertz CT molecular complexity index is 173. The Morgan fingerprint density at radius 2 is 1.67 bits per heavy atom. The van der Waals surface area contributed by atoms with Gasteiger partial charge in [0.25, 0.3) is 0 Å². The van der Waals surface area contributed by atoms with Crippen molar-refractivity contribution in [3.05, 3.63) is 0 Å². The molecule has 72 valence electrons. The summed E-state index contributed by atoms with van der Waals surface area (Å²) in [6, 6.07) is 0. The standard InChI is InChI=1S/C5H5Cl5O2/c1-12-3(11)4(6,7)2-5(8,9)10/h2H2,1H3. The molecule has 0 aliphatic carbocycles. The van der Waals surface area contributed by atoms with Crippen LogP contribution in [0.2, 0.25) is 0 Å². The topological polar surface area (TPSA) is 26.3 Å². The zero-order chi connectivity index (χ0) is 9.99. The minimum Gasteiger partial charge on any atom is -0.467 e. The van der Waals surface area contributed by atoms with Gasteiger partial charge >= 0.3 is 5.97 Å². The zero-order valence-corrected chi connectivity index (χ0v) is 9.69. The largest absolute Gasteiger partial charge is 0.467 e. The number of rotatable bonds is 2. The molecule has 0 aromatic rings. The molecule has 0 saturated carbocycles. The molecule has 7 heteroatoms. The Balaban J connectivity index is 4.32. The van der Waals surface area contributed by atoms with E-state index in [1.807, 2.05) is 0 Å². The molecule has 0 aliphatic heterocycles. The molecule has 0 heterocycles. The highest BCUT2D eigenvalue weighted by Crippen LogP contribution is 2.40. The highest BCUT2D eigenvalue weighted by atomic mass is 35.6. The van der Waals surface area contributed by atoms with Gasteiger partial charge in [0.2, 0.25) is 4.33 Å². The maximum absolute atomic E-state index is 10.8. The van der Waals surface area contributed by atoms with Gasteiger partial charge in [0.15, 0.2) is 3.79 Å².